The van der Waals surface area contributed by atoms with Crippen LogP contribution in [0.25, 0.3) is 0 Å². The average molecular weight is 318 g/mol. The third kappa shape index (κ3) is 4.71. The molecule has 2 rings (SSSR count). The molecule has 23 heavy (non-hydrogen) atoms. The van der Waals surface area contributed by atoms with Crippen molar-refractivity contribution in [1.29, 1.82) is 0 Å². The summed E-state index contributed by atoms with van der Waals surface area (Å²) in [5, 5.41) is 12.1. The molecule has 1 heterocycles. The highest BCUT2D eigenvalue weighted by atomic mass is 16.4. The average Bonchev–Trinajstić information content (AvgIpc) is 2.53. The molecule has 0 unspecified atom stereocenters. The SMILES string of the molecule is CCCCC(=O)Nc1cc(C(=O)O)ccc1N1CCC(C)CC1. The van der Waals surface area contributed by atoms with Crippen LogP contribution in [-0.4, -0.2) is 30.1 Å². The van der Waals surface area contributed by atoms with Gasteiger partial charge >= 0.3 is 5.97 Å². The van der Waals surface area contributed by atoms with Crippen molar-refractivity contribution in [2.45, 2.75) is 46.0 Å². The van der Waals surface area contributed by atoms with Crippen LogP contribution in [0.3, 0.4) is 0 Å². The Kier molecular flexibility index (Phi) is 6.02. The van der Waals surface area contributed by atoms with Crippen molar-refractivity contribution < 1.29 is 14.7 Å². The molecule has 0 spiro atoms. The summed E-state index contributed by atoms with van der Waals surface area (Å²) in [6, 6.07) is 4.99. The van der Waals surface area contributed by atoms with Gasteiger partial charge in [-0.1, -0.05) is 20.3 Å². The third-order valence-electron chi connectivity index (χ3n) is 4.40. The van der Waals surface area contributed by atoms with Gasteiger partial charge in [0.1, 0.15) is 0 Å². The number of amides is 1. The van der Waals surface area contributed by atoms with E-state index in [4.69, 9.17) is 0 Å². The van der Waals surface area contributed by atoms with Gasteiger partial charge < -0.3 is 15.3 Å². The Morgan fingerprint density at radius 1 is 1.30 bits per heavy atom. The van der Waals surface area contributed by atoms with E-state index in [9.17, 15) is 14.7 Å². The highest BCUT2D eigenvalue weighted by molar-refractivity contribution is 5.97. The number of aromatic carboxylic acids is 1. The first kappa shape index (κ1) is 17.3. The lowest BCUT2D eigenvalue weighted by atomic mass is 9.98. The van der Waals surface area contributed by atoms with Crippen molar-refractivity contribution in [3.63, 3.8) is 0 Å². The second kappa shape index (κ2) is 7.99. The summed E-state index contributed by atoms with van der Waals surface area (Å²) in [5.74, 6) is -0.318. The number of carboxylic acids is 1. The molecule has 5 nitrogen and oxygen atoms in total. The molecule has 1 aliphatic rings. The van der Waals surface area contributed by atoms with Gasteiger partial charge in [-0.05, 0) is 43.4 Å². The molecule has 5 heteroatoms. The number of anilines is 2. The van der Waals surface area contributed by atoms with Gasteiger partial charge in [0.15, 0.2) is 0 Å². The predicted molar refractivity (Wildman–Crippen MR) is 92.2 cm³/mol. The lowest BCUT2D eigenvalue weighted by Gasteiger charge is -2.33. The van der Waals surface area contributed by atoms with E-state index in [1.807, 2.05) is 13.0 Å². The Labute approximate surface area is 137 Å². The molecule has 0 bridgehead atoms. The third-order valence-corrected chi connectivity index (χ3v) is 4.40. The summed E-state index contributed by atoms with van der Waals surface area (Å²) < 4.78 is 0. The number of piperidine rings is 1. The fourth-order valence-corrected chi connectivity index (χ4v) is 2.84. The minimum atomic E-state index is -0.979. The zero-order valence-corrected chi connectivity index (χ0v) is 14.0. The van der Waals surface area contributed by atoms with Gasteiger partial charge in [-0.3, -0.25) is 4.79 Å². The first-order valence-corrected chi connectivity index (χ1v) is 8.43. The largest absolute Gasteiger partial charge is 0.478 e. The molecule has 0 radical (unpaired) electrons. The highest BCUT2D eigenvalue weighted by Gasteiger charge is 2.20. The Balaban J connectivity index is 2.22. The number of benzene rings is 1. The van der Waals surface area contributed by atoms with Crippen molar-refractivity contribution in [3.8, 4) is 0 Å². The van der Waals surface area contributed by atoms with Crippen LogP contribution in [0.5, 0.6) is 0 Å². The predicted octanol–water partition coefficient (Wildman–Crippen LogP) is 3.75. The smallest absolute Gasteiger partial charge is 0.335 e. The van der Waals surface area contributed by atoms with E-state index in [1.165, 1.54) is 0 Å². The number of unbranched alkanes of at least 4 members (excludes halogenated alkanes) is 1. The van der Waals surface area contributed by atoms with Gasteiger partial charge in [0, 0.05) is 19.5 Å². The Bertz CT molecular complexity index is 563. The molecule has 0 aliphatic carbocycles. The number of hydrogen-bond acceptors (Lipinski definition) is 3. The maximum absolute atomic E-state index is 12.1. The lowest BCUT2D eigenvalue weighted by molar-refractivity contribution is -0.116. The Morgan fingerprint density at radius 2 is 2.00 bits per heavy atom. The molecule has 2 N–H and O–H groups in total. The Hall–Kier alpha value is -2.04. The number of hydrogen-bond donors (Lipinski definition) is 2. The first-order valence-electron chi connectivity index (χ1n) is 8.43. The summed E-state index contributed by atoms with van der Waals surface area (Å²) in [7, 11) is 0. The van der Waals surface area contributed by atoms with Gasteiger partial charge in [0.25, 0.3) is 0 Å². The molecule has 1 aromatic carbocycles. The van der Waals surface area contributed by atoms with E-state index < -0.39 is 5.97 Å². The number of carboxylic acid groups (broad SMARTS) is 1. The summed E-state index contributed by atoms with van der Waals surface area (Å²) >= 11 is 0. The molecule has 0 atom stereocenters. The van der Waals surface area contributed by atoms with Gasteiger partial charge in [-0.25, -0.2) is 4.79 Å². The van der Waals surface area contributed by atoms with Gasteiger partial charge in [0.05, 0.1) is 16.9 Å². The van der Waals surface area contributed by atoms with E-state index in [1.54, 1.807) is 12.1 Å². The van der Waals surface area contributed by atoms with Crippen LogP contribution in [0.2, 0.25) is 0 Å². The van der Waals surface area contributed by atoms with Crippen LogP contribution in [0.4, 0.5) is 11.4 Å². The maximum Gasteiger partial charge on any atom is 0.335 e. The van der Waals surface area contributed by atoms with E-state index >= 15 is 0 Å². The maximum atomic E-state index is 12.1. The van der Waals surface area contributed by atoms with E-state index in [0.717, 1.165) is 44.5 Å². The second-order valence-electron chi connectivity index (χ2n) is 6.36. The van der Waals surface area contributed by atoms with Crippen molar-refractivity contribution in [2.75, 3.05) is 23.3 Å². The molecule has 1 amide bonds. The van der Waals surface area contributed by atoms with Crippen molar-refractivity contribution in [2.24, 2.45) is 5.92 Å². The summed E-state index contributed by atoms with van der Waals surface area (Å²) in [6.07, 6.45) is 4.48. The molecule has 0 aromatic heterocycles. The molecular formula is C18H26N2O3. The number of carbonyl (C=O) groups excluding carboxylic acids is 1. The van der Waals surface area contributed by atoms with Crippen molar-refractivity contribution >= 4 is 23.3 Å². The summed E-state index contributed by atoms with van der Waals surface area (Å²) in [5.41, 5.74) is 1.73. The molecule has 1 aliphatic heterocycles. The summed E-state index contributed by atoms with van der Waals surface area (Å²) in [6.45, 7) is 6.16. The molecule has 1 fully saturated rings. The highest BCUT2D eigenvalue weighted by Crippen LogP contribution is 2.31. The summed E-state index contributed by atoms with van der Waals surface area (Å²) in [4.78, 5) is 25.5. The second-order valence-corrected chi connectivity index (χ2v) is 6.36. The number of nitrogens with zero attached hydrogens (tertiary/aromatic N) is 1. The molecule has 126 valence electrons. The standard InChI is InChI=1S/C18H26N2O3/c1-3-4-5-17(21)19-15-12-14(18(22)23)6-7-16(15)20-10-8-13(2)9-11-20/h6-7,12-13H,3-5,8-11H2,1-2H3,(H,19,21)(H,22,23). The number of carbonyl (C=O) groups is 2. The number of rotatable bonds is 6. The van der Waals surface area contributed by atoms with Crippen LogP contribution in [0.1, 0.15) is 56.3 Å². The lowest BCUT2D eigenvalue weighted by Crippen LogP contribution is -2.33. The van der Waals surface area contributed by atoms with Crippen LogP contribution < -0.4 is 10.2 Å². The molecule has 1 saturated heterocycles. The normalized spacial score (nSPS) is 15.5. The quantitative estimate of drug-likeness (QED) is 0.838. The monoisotopic (exact) mass is 318 g/mol. The van der Waals surface area contributed by atoms with Crippen LogP contribution in [0.15, 0.2) is 18.2 Å². The van der Waals surface area contributed by atoms with Gasteiger partial charge in [-0.2, -0.15) is 0 Å². The first-order chi connectivity index (χ1) is 11.0. The van der Waals surface area contributed by atoms with E-state index in [-0.39, 0.29) is 11.5 Å². The van der Waals surface area contributed by atoms with Crippen molar-refractivity contribution in [3.05, 3.63) is 23.8 Å². The van der Waals surface area contributed by atoms with E-state index in [0.29, 0.717) is 18.0 Å². The van der Waals surface area contributed by atoms with Crippen LogP contribution >= 0.6 is 0 Å². The zero-order chi connectivity index (χ0) is 16.8. The van der Waals surface area contributed by atoms with Crippen LogP contribution in [0, 0.1) is 5.92 Å². The van der Waals surface area contributed by atoms with Crippen molar-refractivity contribution in [1.82, 2.24) is 0 Å². The number of nitrogens with one attached hydrogen (secondary N) is 1. The molecule has 0 saturated carbocycles. The topological polar surface area (TPSA) is 69.6 Å². The Morgan fingerprint density at radius 3 is 2.61 bits per heavy atom. The zero-order valence-electron chi connectivity index (χ0n) is 14.0. The van der Waals surface area contributed by atoms with Crippen LogP contribution in [-0.2, 0) is 4.79 Å². The fraction of sp³-hybridized carbons (Fsp3) is 0.556. The minimum Gasteiger partial charge on any atom is -0.478 e. The van der Waals surface area contributed by atoms with E-state index in [2.05, 4.69) is 17.1 Å². The minimum absolute atomic E-state index is 0.0546. The molecule has 1 aromatic rings. The van der Waals surface area contributed by atoms with Gasteiger partial charge in [-0.15, -0.1) is 0 Å². The fourth-order valence-electron chi connectivity index (χ4n) is 2.84. The van der Waals surface area contributed by atoms with Gasteiger partial charge in [0.2, 0.25) is 5.91 Å². The molecular weight excluding hydrogens is 292 g/mol.